The lowest BCUT2D eigenvalue weighted by Crippen LogP contribution is -1.92. The average molecular weight is 341 g/mol. The maximum atomic E-state index is 8.36. The molecule has 102 valence electrons. The van der Waals surface area contributed by atoms with Crippen LogP contribution in [0.4, 0.5) is 0 Å². The van der Waals surface area contributed by atoms with Crippen molar-refractivity contribution in [1.29, 1.82) is 0 Å². The van der Waals surface area contributed by atoms with Crippen molar-refractivity contribution in [3.8, 4) is 11.4 Å². The van der Waals surface area contributed by atoms with Crippen molar-refractivity contribution in [2.75, 3.05) is 0 Å². The molecule has 3 aromatic heterocycles. The molecule has 0 aliphatic heterocycles. The van der Waals surface area contributed by atoms with Gasteiger partial charge in [-0.2, -0.15) is 0 Å². The molecule has 0 saturated heterocycles. The molecule has 0 aliphatic rings. The second kappa shape index (κ2) is 5.87. The number of halogens is 1. The van der Waals surface area contributed by atoms with E-state index in [-0.39, 0.29) is 6.54 Å². The Morgan fingerprint density at radius 1 is 1.14 bits per heavy atom. The molecule has 3 rings (SSSR count). The number of rotatable bonds is 3. The smallest absolute Gasteiger partial charge is 0.106 e. The Morgan fingerprint density at radius 2 is 2.00 bits per heavy atom. The van der Waals surface area contributed by atoms with E-state index in [1.165, 1.54) is 0 Å². The predicted molar refractivity (Wildman–Crippen MR) is 83.3 cm³/mol. The third-order valence-electron chi connectivity index (χ3n) is 2.90. The van der Waals surface area contributed by atoms with E-state index in [4.69, 9.17) is 5.53 Å². The number of hydrogen-bond donors (Lipinski definition) is 0. The fourth-order valence-electron chi connectivity index (χ4n) is 1.94. The quantitative estimate of drug-likeness (QED) is 0.308. The van der Waals surface area contributed by atoms with Gasteiger partial charge in [-0.1, -0.05) is 11.2 Å². The third-order valence-corrected chi connectivity index (χ3v) is 3.35. The Labute approximate surface area is 128 Å². The second-order valence-corrected chi connectivity index (χ2v) is 5.11. The summed E-state index contributed by atoms with van der Waals surface area (Å²) in [5.74, 6) is 0. The van der Waals surface area contributed by atoms with Crippen molar-refractivity contribution in [3.05, 3.63) is 63.3 Å². The van der Waals surface area contributed by atoms with Crippen molar-refractivity contribution >= 4 is 26.8 Å². The van der Waals surface area contributed by atoms with Crippen LogP contribution in [0.25, 0.3) is 32.7 Å². The van der Waals surface area contributed by atoms with Gasteiger partial charge in [-0.05, 0) is 51.8 Å². The Morgan fingerprint density at radius 3 is 2.81 bits per heavy atom. The Kier molecular flexibility index (Phi) is 3.77. The molecule has 21 heavy (non-hydrogen) atoms. The number of hydrogen-bond acceptors (Lipinski definition) is 4. The maximum absolute atomic E-state index is 8.36. The summed E-state index contributed by atoms with van der Waals surface area (Å²) >= 11 is 3.35. The molecule has 3 aromatic rings. The van der Waals surface area contributed by atoms with Crippen molar-refractivity contribution in [2.45, 2.75) is 6.54 Å². The van der Waals surface area contributed by atoms with Crippen molar-refractivity contribution in [2.24, 2.45) is 5.11 Å². The summed E-state index contributed by atoms with van der Waals surface area (Å²) in [6, 6.07) is 11.4. The summed E-state index contributed by atoms with van der Waals surface area (Å²) in [6.45, 7) is 0.216. The van der Waals surface area contributed by atoms with E-state index >= 15 is 0 Å². The van der Waals surface area contributed by atoms with Crippen LogP contribution in [0.1, 0.15) is 5.69 Å². The zero-order valence-corrected chi connectivity index (χ0v) is 12.4. The molecule has 0 N–H and O–H groups in total. The van der Waals surface area contributed by atoms with Crippen LogP contribution < -0.4 is 0 Å². The van der Waals surface area contributed by atoms with Crippen molar-refractivity contribution in [1.82, 2.24) is 15.0 Å². The van der Waals surface area contributed by atoms with Crippen LogP contribution in [0.2, 0.25) is 0 Å². The molecule has 6 nitrogen and oxygen atoms in total. The standard InChI is InChI=1S/C14H9BrN6/c15-14-3-1-2-11(20-14)12-5-4-9-7-17-10(8-18-21-16)6-13(9)19-12/h1-7H,8H2. The lowest BCUT2D eigenvalue weighted by atomic mass is 10.2. The molecule has 0 atom stereocenters. The van der Waals surface area contributed by atoms with Gasteiger partial charge in [0.1, 0.15) is 4.60 Å². The summed E-state index contributed by atoms with van der Waals surface area (Å²) in [4.78, 5) is 16.0. The van der Waals surface area contributed by atoms with Crippen molar-refractivity contribution in [3.63, 3.8) is 0 Å². The number of azide groups is 1. The minimum atomic E-state index is 0.216. The van der Waals surface area contributed by atoms with Gasteiger partial charge >= 0.3 is 0 Å². The van der Waals surface area contributed by atoms with E-state index in [1.54, 1.807) is 6.20 Å². The van der Waals surface area contributed by atoms with Crippen LogP contribution in [-0.2, 0) is 6.54 Å². The van der Waals surface area contributed by atoms with Crippen molar-refractivity contribution < 1.29 is 0 Å². The lowest BCUT2D eigenvalue weighted by molar-refractivity contribution is 0.981. The van der Waals surface area contributed by atoms with Gasteiger partial charge in [0.15, 0.2) is 0 Å². The van der Waals surface area contributed by atoms with Crippen LogP contribution in [0.3, 0.4) is 0 Å². The van der Waals surface area contributed by atoms with Crippen LogP contribution in [0, 0.1) is 0 Å². The summed E-state index contributed by atoms with van der Waals surface area (Å²) in [6.07, 6.45) is 1.72. The van der Waals surface area contributed by atoms with E-state index < -0.39 is 0 Å². The molecule has 0 bridgehead atoms. The maximum Gasteiger partial charge on any atom is 0.106 e. The summed E-state index contributed by atoms with van der Waals surface area (Å²) < 4.78 is 0.765. The molecule has 0 saturated carbocycles. The highest BCUT2D eigenvalue weighted by molar-refractivity contribution is 9.10. The molecule has 0 unspecified atom stereocenters. The summed E-state index contributed by atoms with van der Waals surface area (Å²) in [7, 11) is 0. The molecule has 3 heterocycles. The molecule has 0 radical (unpaired) electrons. The zero-order chi connectivity index (χ0) is 14.7. The molecule has 0 spiro atoms. The van der Waals surface area contributed by atoms with E-state index in [0.29, 0.717) is 5.69 Å². The van der Waals surface area contributed by atoms with Gasteiger partial charge in [0.25, 0.3) is 0 Å². The highest BCUT2D eigenvalue weighted by Crippen LogP contribution is 2.21. The average Bonchev–Trinajstić information content (AvgIpc) is 2.52. The summed E-state index contributed by atoms with van der Waals surface area (Å²) in [5, 5.41) is 4.44. The van der Waals surface area contributed by atoms with Crippen LogP contribution in [-0.4, -0.2) is 15.0 Å². The lowest BCUT2D eigenvalue weighted by Gasteiger charge is -2.04. The molecular weight excluding hydrogens is 332 g/mol. The van der Waals surface area contributed by atoms with Crippen LogP contribution in [0.15, 0.2) is 52.3 Å². The monoisotopic (exact) mass is 340 g/mol. The van der Waals surface area contributed by atoms with E-state index in [2.05, 4.69) is 40.9 Å². The first-order valence-corrected chi connectivity index (χ1v) is 6.95. The molecular formula is C14H9BrN6. The van der Waals surface area contributed by atoms with Gasteiger partial charge in [-0.25, -0.2) is 9.97 Å². The van der Waals surface area contributed by atoms with E-state index in [0.717, 1.165) is 26.9 Å². The topological polar surface area (TPSA) is 87.4 Å². The molecule has 0 fully saturated rings. The van der Waals surface area contributed by atoms with Gasteiger partial charge in [-0.15, -0.1) is 0 Å². The van der Waals surface area contributed by atoms with E-state index in [1.807, 2.05) is 36.4 Å². The first kappa shape index (κ1) is 13.5. The molecule has 0 amide bonds. The normalized spacial score (nSPS) is 10.3. The molecule has 0 aliphatic carbocycles. The highest BCUT2D eigenvalue weighted by Gasteiger charge is 2.05. The van der Waals surface area contributed by atoms with Gasteiger partial charge in [0.05, 0.1) is 23.4 Å². The Bertz CT molecular complexity index is 857. The van der Waals surface area contributed by atoms with Gasteiger partial charge in [0.2, 0.25) is 0 Å². The second-order valence-electron chi connectivity index (χ2n) is 4.30. The Balaban J connectivity index is 2.07. The fourth-order valence-corrected chi connectivity index (χ4v) is 2.29. The molecule has 7 heteroatoms. The number of fused-ring (bicyclic) bond motifs is 1. The first-order valence-electron chi connectivity index (χ1n) is 6.16. The number of nitrogens with zero attached hydrogens (tertiary/aromatic N) is 6. The minimum absolute atomic E-state index is 0.216. The first-order chi connectivity index (χ1) is 10.3. The van der Waals surface area contributed by atoms with E-state index in [9.17, 15) is 0 Å². The largest absolute Gasteiger partial charge is 0.260 e. The van der Waals surface area contributed by atoms with Crippen LogP contribution in [0.5, 0.6) is 0 Å². The fraction of sp³-hybridized carbons (Fsp3) is 0.0714. The zero-order valence-electron chi connectivity index (χ0n) is 10.8. The van der Waals surface area contributed by atoms with Crippen LogP contribution >= 0.6 is 15.9 Å². The van der Waals surface area contributed by atoms with Gasteiger partial charge < -0.3 is 0 Å². The minimum Gasteiger partial charge on any atom is -0.260 e. The summed E-state index contributed by atoms with van der Waals surface area (Å²) in [5.41, 5.74) is 11.4. The number of aromatic nitrogens is 3. The SMILES string of the molecule is [N-]=[N+]=NCc1cc2nc(-c3cccc(Br)n3)ccc2cn1. The van der Waals surface area contributed by atoms with Gasteiger partial charge in [0, 0.05) is 22.2 Å². The third kappa shape index (κ3) is 2.99. The van der Waals surface area contributed by atoms with Gasteiger partial charge in [-0.3, -0.25) is 4.98 Å². The predicted octanol–water partition coefficient (Wildman–Crippen LogP) is 4.26. The highest BCUT2D eigenvalue weighted by atomic mass is 79.9. The number of pyridine rings is 3. The Hall–Kier alpha value is -2.50. The molecule has 0 aromatic carbocycles.